The minimum Gasteiger partial charge on any atom is -0.493 e. The van der Waals surface area contributed by atoms with Crippen molar-refractivity contribution < 1.29 is 28.5 Å². The third-order valence-electron chi connectivity index (χ3n) is 6.27. The number of benzene rings is 2. The molecule has 0 bridgehead atoms. The van der Waals surface area contributed by atoms with Crippen LogP contribution < -0.4 is 20.5 Å². The second kappa shape index (κ2) is 15.4. The van der Waals surface area contributed by atoms with Crippen LogP contribution in [0, 0.1) is 17.7 Å². The Hall–Kier alpha value is -2.68. The lowest BCUT2D eigenvalue weighted by Gasteiger charge is -2.27. The van der Waals surface area contributed by atoms with Gasteiger partial charge in [-0.3, -0.25) is 4.79 Å². The smallest absolute Gasteiger partial charge is 0.224 e. The molecule has 0 saturated heterocycles. The van der Waals surface area contributed by atoms with E-state index in [1.54, 1.807) is 26.4 Å². The SMILES string of the molecule is COCCCOc1cc(C[C@@H](C[C@H](N)[C@@H](O)CNC(=O)Cc2ccc(F)cc2)C(C)C)ccc1OC. The molecule has 0 fully saturated rings. The van der Waals surface area contributed by atoms with Crippen molar-refractivity contribution in [3.8, 4) is 11.5 Å². The van der Waals surface area contributed by atoms with Crippen molar-refractivity contribution in [3.63, 3.8) is 0 Å². The summed E-state index contributed by atoms with van der Waals surface area (Å²) < 4.78 is 29.4. The highest BCUT2D eigenvalue weighted by atomic mass is 19.1. The van der Waals surface area contributed by atoms with Crippen LogP contribution in [0.1, 0.15) is 37.8 Å². The molecule has 0 aliphatic rings. The predicted molar refractivity (Wildman–Crippen MR) is 139 cm³/mol. The summed E-state index contributed by atoms with van der Waals surface area (Å²) in [7, 11) is 3.28. The third-order valence-corrected chi connectivity index (χ3v) is 6.27. The molecule has 2 aromatic rings. The normalized spacial score (nSPS) is 13.8. The first-order valence-electron chi connectivity index (χ1n) is 12.5. The molecule has 0 heterocycles. The summed E-state index contributed by atoms with van der Waals surface area (Å²) in [5, 5.41) is 13.3. The molecule has 7 nitrogen and oxygen atoms in total. The van der Waals surface area contributed by atoms with Crippen LogP contribution in [0.2, 0.25) is 0 Å². The Labute approximate surface area is 214 Å². The summed E-state index contributed by atoms with van der Waals surface area (Å²) in [4.78, 5) is 12.2. The van der Waals surface area contributed by atoms with E-state index in [0.29, 0.717) is 42.6 Å². The van der Waals surface area contributed by atoms with Crippen molar-refractivity contribution in [1.29, 1.82) is 0 Å². The van der Waals surface area contributed by atoms with E-state index >= 15 is 0 Å². The number of carbonyl (C=O) groups excluding carboxylic acids is 1. The Morgan fingerprint density at radius 2 is 1.75 bits per heavy atom. The number of amides is 1. The second-order valence-corrected chi connectivity index (χ2v) is 9.46. The fourth-order valence-corrected chi connectivity index (χ4v) is 3.97. The van der Waals surface area contributed by atoms with Crippen LogP contribution >= 0.6 is 0 Å². The maximum absolute atomic E-state index is 13.0. The minimum absolute atomic E-state index is 0.0635. The second-order valence-electron chi connectivity index (χ2n) is 9.46. The molecule has 0 radical (unpaired) electrons. The lowest BCUT2D eigenvalue weighted by Crippen LogP contribution is -2.45. The van der Waals surface area contributed by atoms with E-state index in [9.17, 15) is 14.3 Å². The highest BCUT2D eigenvalue weighted by Gasteiger charge is 2.23. The summed E-state index contributed by atoms with van der Waals surface area (Å²) in [5.41, 5.74) is 8.14. The number of carbonyl (C=O) groups is 1. The summed E-state index contributed by atoms with van der Waals surface area (Å²) in [6.45, 7) is 5.50. The number of hydrogen-bond donors (Lipinski definition) is 3. The number of nitrogens with one attached hydrogen (secondary N) is 1. The number of hydrogen-bond acceptors (Lipinski definition) is 6. The van der Waals surface area contributed by atoms with Crippen LogP contribution in [0.3, 0.4) is 0 Å². The van der Waals surface area contributed by atoms with Crippen molar-refractivity contribution in [3.05, 3.63) is 59.4 Å². The van der Waals surface area contributed by atoms with E-state index in [1.807, 2.05) is 18.2 Å². The standard InChI is InChI=1S/C28H41FN2O5/c1-19(2)22(14-21-8-11-26(35-4)27(15-21)36-13-5-12-34-3)17-24(30)25(32)18-31-28(33)16-20-6-9-23(29)10-7-20/h6-11,15,19,22,24-25,32H,5,12-14,16-18,30H2,1-4H3,(H,31,33)/t22-,24-,25-/m0/s1. The molecule has 2 rings (SSSR count). The van der Waals surface area contributed by atoms with Crippen LogP contribution in [-0.4, -0.2) is 57.1 Å². The molecule has 4 N–H and O–H groups in total. The van der Waals surface area contributed by atoms with Gasteiger partial charge in [-0.05, 0) is 60.1 Å². The molecular weight excluding hydrogens is 463 g/mol. The van der Waals surface area contributed by atoms with E-state index in [2.05, 4.69) is 19.2 Å². The number of aliphatic hydroxyl groups excluding tert-OH is 1. The number of aliphatic hydroxyl groups is 1. The van der Waals surface area contributed by atoms with Crippen molar-refractivity contribution in [2.24, 2.45) is 17.6 Å². The van der Waals surface area contributed by atoms with E-state index in [4.69, 9.17) is 19.9 Å². The van der Waals surface area contributed by atoms with Gasteiger partial charge in [-0.2, -0.15) is 0 Å². The Morgan fingerprint density at radius 1 is 1.06 bits per heavy atom. The molecular formula is C28H41FN2O5. The van der Waals surface area contributed by atoms with Crippen molar-refractivity contribution in [2.45, 2.75) is 51.7 Å². The Bertz CT molecular complexity index is 923. The minimum atomic E-state index is -0.876. The summed E-state index contributed by atoms with van der Waals surface area (Å²) in [6, 6.07) is 11.2. The zero-order valence-corrected chi connectivity index (χ0v) is 21.8. The van der Waals surface area contributed by atoms with Crippen LogP contribution in [0.15, 0.2) is 42.5 Å². The molecule has 2 aromatic carbocycles. The average Bonchev–Trinajstić information content (AvgIpc) is 2.86. The molecule has 1 amide bonds. The van der Waals surface area contributed by atoms with E-state index in [1.165, 1.54) is 12.1 Å². The number of methoxy groups -OCH3 is 2. The van der Waals surface area contributed by atoms with E-state index < -0.39 is 12.1 Å². The largest absolute Gasteiger partial charge is 0.493 e. The van der Waals surface area contributed by atoms with Gasteiger partial charge in [0.15, 0.2) is 11.5 Å². The van der Waals surface area contributed by atoms with Gasteiger partial charge in [0.05, 0.1) is 26.2 Å². The highest BCUT2D eigenvalue weighted by Crippen LogP contribution is 2.31. The van der Waals surface area contributed by atoms with Gasteiger partial charge in [0.1, 0.15) is 5.82 Å². The van der Waals surface area contributed by atoms with Crippen LogP contribution in [-0.2, 0) is 22.4 Å². The van der Waals surface area contributed by atoms with Crippen LogP contribution in [0.4, 0.5) is 4.39 Å². The lowest BCUT2D eigenvalue weighted by molar-refractivity contribution is -0.121. The molecule has 200 valence electrons. The first-order valence-corrected chi connectivity index (χ1v) is 12.5. The fourth-order valence-electron chi connectivity index (χ4n) is 3.97. The Balaban J connectivity index is 1.91. The highest BCUT2D eigenvalue weighted by molar-refractivity contribution is 5.78. The van der Waals surface area contributed by atoms with E-state index in [-0.39, 0.29) is 30.6 Å². The lowest BCUT2D eigenvalue weighted by atomic mass is 9.83. The van der Waals surface area contributed by atoms with Gasteiger partial charge >= 0.3 is 0 Å². The van der Waals surface area contributed by atoms with Crippen molar-refractivity contribution in [2.75, 3.05) is 34.0 Å². The number of rotatable bonds is 16. The van der Waals surface area contributed by atoms with Crippen LogP contribution in [0.25, 0.3) is 0 Å². The van der Waals surface area contributed by atoms with Gasteiger partial charge in [0.2, 0.25) is 5.91 Å². The summed E-state index contributed by atoms with van der Waals surface area (Å²) >= 11 is 0. The summed E-state index contributed by atoms with van der Waals surface area (Å²) in [5.74, 6) is 1.34. The number of halogens is 1. The molecule has 0 spiro atoms. The molecule has 3 atom stereocenters. The third kappa shape index (κ3) is 10.1. The molecule has 0 saturated carbocycles. The van der Waals surface area contributed by atoms with E-state index in [0.717, 1.165) is 18.4 Å². The molecule has 8 heteroatoms. The Morgan fingerprint density at radius 3 is 2.39 bits per heavy atom. The average molecular weight is 505 g/mol. The van der Waals surface area contributed by atoms with Crippen LogP contribution in [0.5, 0.6) is 11.5 Å². The van der Waals surface area contributed by atoms with Gasteiger partial charge in [0, 0.05) is 32.7 Å². The van der Waals surface area contributed by atoms with Gasteiger partial charge in [-0.1, -0.05) is 32.0 Å². The maximum Gasteiger partial charge on any atom is 0.224 e. The predicted octanol–water partition coefficient (Wildman–Crippen LogP) is 3.50. The zero-order chi connectivity index (χ0) is 26.5. The quantitative estimate of drug-likeness (QED) is 0.303. The first-order chi connectivity index (χ1) is 17.2. The number of ether oxygens (including phenoxy) is 3. The first kappa shape index (κ1) is 29.5. The van der Waals surface area contributed by atoms with Gasteiger partial charge in [0.25, 0.3) is 0 Å². The van der Waals surface area contributed by atoms with Gasteiger partial charge < -0.3 is 30.4 Å². The van der Waals surface area contributed by atoms with Gasteiger partial charge in [-0.15, -0.1) is 0 Å². The molecule has 0 aromatic heterocycles. The fraction of sp³-hybridized carbons (Fsp3) is 0.536. The molecule has 36 heavy (non-hydrogen) atoms. The van der Waals surface area contributed by atoms with Crippen molar-refractivity contribution >= 4 is 5.91 Å². The zero-order valence-electron chi connectivity index (χ0n) is 21.8. The Kier molecular flexibility index (Phi) is 12.7. The number of nitrogens with two attached hydrogens (primary N) is 1. The monoisotopic (exact) mass is 504 g/mol. The summed E-state index contributed by atoms with van der Waals surface area (Å²) in [6.07, 6.45) is 1.39. The topological polar surface area (TPSA) is 103 Å². The molecule has 0 unspecified atom stereocenters. The maximum atomic E-state index is 13.0. The van der Waals surface area contributed by atoms with Gasteiger partial charge in [-0.25, -0.2) is 4.39 Å². The molecule has 0 aliphatic heterocycles. The molecule has 0 aliphatic carbocycles. The van der Waals surface area contributed by atoms with Crippen molar-refractivity contribution in [1.82, 2.24) is 5.32 Å².